The van der Waals surface area contributed by atoms with Gasteiger partial charge in [-0.05, 0) is 30.7 Å². The monoisotopic (exact) mass is 379 g/mol. The van der Waals surface area contributed by atoms with Gasteiger partial charge in [-0.1, -0.05) is 22.9 Å². The molecule has 0 atom stereocenters. The van der Waals surface area contributed by atoms with Gasteiger partial charge in [0.25, 0.3) is 0 Å². The predicted octanol–water partition coefficient (Wildman–Crippen LogP) is 4.08. The number of carbonyl (C=O) groups excluding carboxylic acids is 1. The summed E-state index contributed by atoms with van der Waals surface area (Å²) in [5.74, 6) is -0.710. The third-order valence-electron chi connectivity index (χ3n) is 3.44. The van der Waals surface area contributed by atoms with E-state index in [4.69, 9.17) is 20.8 Å². The minimum absolute atomic E-state index is 0.104. The van der Waals surface area contributed by atoms with Crippen LogP contribution in [0, 0.1) is 17.0 Å². The van der Waals surface area contributed by atoms with Crippen LogP contribution in [0.2, 0.25) is 5.02 Å². The Bertz CT molecular complexity index is 1050. The topological polar surface area (TPSA) is 99.7 Å². The molecule has 0 amide bonds. The SMILES string of the molecule is Cc1cc2oc(=O)cc(COC(=O)c3ccc([N+](=O)[O-])s3)c2cc1Cl. The molecule has 2 heterocycles. The zero-order valence-corrected chi connectivity index (χ0v) is 14.3. The molecule has 128 valence electrons. The predicted molar refractivity (Wildman–Crippen MR) is 92.3 cm³/mol. The van der Waals surface area contributed by atoms with Crippen LogP contribution in [0.15, 0.2) is 39.5 Å². The molecule has 0 saturated heterocycles. The molecule has 3 aromatic rings. The van der Waals surface area contributed by atoms with Gasteiger partial charge in [0.15, 0.2) is 0 Å². The van der Waals surface area contributed by atoms with Crippen molar-refractivity contribution >= 4 is 44.9 Å². The summed E-state index contributed by atoms with van der Waals surface area (Å²) >= 11 is 6.82. The molecule has 0 radical (unpaired) electrons. The van der Waals surface area contributed by atoms with Gasteiger partial charge in [-0.3, -0.25) is 10.1 Å². The van der Waals surface area contributed by atoms with E-state index in [1.807, 2.05) is 0 Å². The third kappa shape index (κ3) is 3.54. The van der Waals surface area contributed by atoms with Gasteiger partial charge in [0.1, 0.15) is 17.1 Å². The molecule has 2 aromatic heterocycles. The Morgan fingerprint density at radius 2 is 2.12 bits per heavy atom. The Morgan fingerprint density at radius 3 is 2.80 bits per heavy atom. The molecule has 0 N–H and O–H groups in total. The van der Waals surface area contributed by atoms with Crippen molar-refractivity contribution < 1.29 is 18.9 Å². The molecule has 0 unspecified atom stereocenters. The average molecular weight is 380 g/mol. The van der Waals surface area contributed by atoms with Crippen LogP contribution in [-0.2, 0) is 11.3 Å². The summed E-state index contributed by atoms with van der Waals surface area (Å²) in [6, 6.07) is 7.04. The third-order valence-corrected chi connectivity index (χ3v) is 4.87. The van der Waals surface area contributed by atoms with E-state index in [-0.39, 0.29) is 16.5 Å². The summed E-state index contributed by atoms with van der Waals surface area (Å²) < 4.78 is 10.3. The summed E-state index contributed by atoms with van der Waals surface area (Å²) in [5.41, 5.74) is 0.948. The Balaban J connectivity index is 1.87. The molecular formula is C16H10ClNO6S. The van der Waals surface area contributed by atoms with Crippen LogP contribution in [0.4, 0.5) is 5.00 Å². The maximum atomic E-state index is 12.0. The number of halogens is 1. The van der Waals surface area contributed by atoms with Crippen molar-refractivity contribution in [3.8, 4) is 0 Å². The van der Waals surface area contributed by atoms with Crippen LogP contribution >= 0.6 is 22.9 Å². The second-order valence-electron chi connectivity index (χ2n) is 5.16. The fourth-order valence-corrected chi connectivity index (χ4v) is 3.10. The van der Waals surface area contributed by atoms with E-state index < -0.39 is 16.5 Å². The van der Waals surface area contributed by atoms with Gasteiger partial charge in [-0.15, -0.1) is 0 Å². The van der Waals surface area contributed by atoms with Gasteiger partial charge in [-0.25, -0.2) is 9.59 Å². The number of benzene rings is 1. The van der Waals surface area contributed by atoms with E-state index in [2.05, 4.69) is 0 Å². The minimum atomic E-state index is -0.710. The Labute approximate surface area is 149 Å². The number of aryl methyl sites for hydroxylation is 1. The molecule has 0 spiro atoms. The maximum Gasteiger partial charge on any atom is 0.348 e. The molecule has 1 aromatic carbocycles. The lowest BCUT2D eigenvalue weighted by Gasteiger charge is -2.08. The Kier molecular flexibility index (Phi) is 4.56. The summed E-state index contributed by atoms with van der Waals surface area (Å²) in [4.78, 5) is 33.9. The summed E-state index contributed by atoms with van der Waals surface area (Å²) in [7, 11) is 0. The van der Waals surface area contributed by atoms with Crippen molar-refractivity contribution in [3.05, 3.63) is 71.9 Å². The van der Waals surface area contributed by atoms with E-state index >= 15 is 0 Å². The number of hydrogen-bond donors (Lipinski definition) is 0. The zero-order valence-electron chi connectivity index (χ0n) is 12.8. The normalized spacial score (nSPS) is 10.8. The number of rotatable bonds is 4. The quantitative estimate of drug-likeness (QED) is 0.293. The molecule has 0 saturated carbocycles. The fourth-order valence-electron chi connectivity index (χ4n) is 2.22. The summed E-state index contributed by atoms with van der Waals surface area (Å²) in [6.45, 7) is 1.59. The van der Waals surface area contributed by atoms with E-state index in [1.54, 1.807) is 19.1 Å². The number of esters is 1. The maximum absolute atomic E-state index is 12.0. The Hall–Kier alpha value is -2.71. The summed E-state index contributed by atoms with van der Waals surface area (Å²) in [6.07, 6.45) is 0. The molecule has 0 aliphatic carbocycles. The molecule has 0 bridgehead atoms. The zero-order chi connectivity index (χ0) is 18.1. The smallest absolute Gasteiger partial charge is 0.348 e. The van der Waals surface area contributed by atoms with Crippen LogP contribution < -0.4 is 5.63 Å². The fraction of sp³-hybridized carbons (Fsp3) is 0.125. The lowest BCUT2D eigenvalue weighted by atomic mass is 10.1. The largest absolute Gasteiger partial charge is 0.457 e. The van der Waals surface area contributed by atoms with Gasteiger partial charge in [-0.2, -0.15) is 0 Å². The number of thiophene rings is 1. The molecule has 0 fully saturated rings. The van der Waals surface area contributed by atoms with Crippen molar-refractivity contribution in [1.82, 2.24) is 0 Å². The first-order chi connectivity index (χ1) is 11.8. The summed E-state index contributed by atoms with van der Waals surface area (Å²) in [5, 5.41) is 11.6. The number of fused-ring (bicyclic) bond motifs is 1. The molecule has 9 heteroatoms. The van der Waals surface area contributed by atoms with Crippen LogP contribution in [-0.4, -0.2) is 10.9 Å². The van der Waals surface area contributed by atoms with Crippen molar-refractivity contribution in [2.75, 3.05) is 0 Å². The van der Waals surface area contributed by atoms with Crippen LogP contribution in [0.3, 0.4) is 0 Å². The van der Waals surface area contributed by atoms with Crippen LogP contribution in [0.1, 0.15) is 20.8 Å². The minimum Gasteiger partial charge on any atom is -0.457 e. The first-order valence-corrected chi connectivity index (χ1v) is 8.19. The average Bonchev–Trinajstić information content (AvgIpc) is 3.04. The highest BCUT2D eigenvalue weighted by Crippen LogP contribution is 2.27. The number of nitro groups is 1. The van der Waals surface area contributed by atoms with Crippen LogP contribution in [0.5, 0.6) is 0 Å². The number of carbonyl (C=O) groups is 1. The number of hydrogen-bond acceptors (Lipinski definition) is 7. The molecule has 0 aliphatic rings. The number of nitrogens with zero attached hydrogens (tertiary/aromatic N) is 1. The highest BCUT2D eigenvalue weighted by molar-refractivity contribution is 7.17. The van der Waals surface area contributed by atoms with Crippen LogP contribution in [0.25, 0.3) is 11.0 Å². The van der Waals surface area contributed by atoms with E-state index in [0.29, 0.717) is 21.6 Å². The second kappa shape index (κ2) is 6.66. The Morgan fingerprint density at radius 1 is 1.36 bits per heavy atom. The van der Waals surface area contributed by atoms with Crippen molar-refractivity contribution in [1.29, 1.82) is 0 Å². The highest BCUT2D eigenvalue weighted by atomic mass is 35.5. The van der Waals surface area contributed by atoms with Crippen molar-refractivity contribution in [2.45, 2.75) is 13.5 Å². The highest BCUT2D eigenvalue weighted by Gasteiger charge is 2.17. The lowest BCUT2D eigenvalue weighted by molar-refractivity contribution is -0.380. The first kappa shape index (κ1) is 17.1. The van der Waals surface area contributed by atoms with Gasteiger partial charge < -0.3 is 9.15 Å². The van der Waals surface area contributed by atoms with Gasteiger partial charge in [0.05, 0.1) is 4.92 Å². The van der Waals surface area contributed by atoms with Gasteiger partial charge >= 0.3 is 16.6 Å². The van der Waals surface area contributed by atoms with Crippen molar-refractivity contribution in [2.24, 2.45) is 0 Å². The molecule has 3 rings (SSSR count). The van der Waals surface area contributed by atoms with E-state index in [9.17, 15) is 19.7 Å². The van der Waals surface area contributed by atoms with Gasteiger partial charge in [0, 0.05) is 28.1 Å². The van der Waals surface area contributed by atoms with E-state index in [0.717, 1.165) is 16.9 Å². The molecule has 7 nitrogen and oxygen atoms in total. The lowest BCUT2D eigenvalue weighted by Crippen LogP contribution is -2.07. The van der Waals surface area contributed by atoms with E-state index in [1.165, 1.54) is 18.2 Å². The molecular weight excluding hydrogens is 370 g/mol. The number of ether oxygens (including phenoxy) is 1. The molecule has 0 aliphatic heterocycles. The first-order valence-electron chi connectivity index (χ1n) is 6.99. The second-order valence-corrected chi connectivity index (χ2v) is 6.63. The van der Waals surface area contributed by atoms with Gasteiger partial charge in [0.2, 0.25) is 0 Å². The standard InChI is InChI=1S/C16H10ClNO6S/c1-8-4-12-10(6-11(8)17)9(5-15(19)24-12)7-23-16(20)13-2-3-14(25-13)18(21)22/h2-6H,7H2,1H3. The van der Waals surface area contributed by atoms with Crippen molar-refractivity contribution in [3.63, 3.8) is 0 Å². The molecule has 25 heavy (non-hydrogen) atoms.